The number of alkyl halides is 1. The first-order chi connectivity index (χ1) is 10.8. The number of pyridine rings is 1. The van der Waals surface area contributed by atoms with Gasteiger partial charge in [-0.2, -0.15) is 0 Å². The number of fused-ring (bicyclic) bond motifs is 1. The van der Waals surface area contributed by atoms with E-state index in [1.54, 1.807) is 6.20 Å². The molecule has 3 aromatic rings. The summed E-state index contributed by atoms with van der Waals surface area (Å²) >= 11 is 12.2. The van der Waals surface area contributed by atoms with Crippen LogP contribution in [0.1, 0.15) is 31.9 Å². The number of hydrogen-bond donors (Lipinski definition) is 0. The predicted molar refractivity (Wildman–Crippen MR) is 96.0 cm³/mol. The van der Waals surface area contributed by atoms with Crippen LogP contribution in [0.4, 0.5) is 0 Å². The Morgan fingerprint density at radius 2 is 1.82 bits per heavy atom. The Balaban J connectivity index is 0.000000847. The van der Waals surface area contributed by atoms with Crippen LogP contribution in [0.25, 0.3) is 11.0 Å². The zero-order valence-corrected chi connectivity index (χ0v) is 14.3. The molecule has 0 aliphatic heterocycles. The minimum Gasteiger partial charge on any atom is -0.325 e. The van der Waals surface area contributed by atoms with Gasteiger partial charge in [0.05, 0.1) is 11.1 Å². The number of rotatable bonds is 4. The van der Waals surface area contributed by atoms with Crippen LogP contribution < -0.4 is 0 Å². The Bertz CT molecular complexity index is 707. The van der Waals surface area contributed by atoms with Gasteiger partial charge in [0, 0.05) is 23.7 Å². The minimum absolute atomic E-state index is 0.178. The van der Waals surface area contributed by atoms with E-state index in [1.165, 1.54) is 5.56 Å². The lowest BCUT2D eigenvalue weighted by molar-refractivity contribution is 0.584. The van der Waals surface area contributed by atoms with Crippen LogP contribution in [-0.4, -0.2) is 15.4 Å². The number of benzene rings is 1. The molecule has 22 heavy (non-hydrogen) atoms. The van der Waals surface area contributed by atoms with Crippen LogP contribution in [0.15, 0.2) is 54.9 Å². The molecule has 4 heteroatoms. The zero-order valence-electron chi connectivity index (χ0n) is 12.8. The predicted octanol–water partition coefficient (Wildman–Crippen LogP) is 5.93. The smallest absolute Gasteiger partial charge is 0.141 e. The van der Waals surface area contributed by atoms with Crippen molar-refractivity contribution in [2.24, 2.45) is 0 Å². The molecule has 116 valence electrons. The van der Waals surface area contributed by atoms with E-state index in [1.807, 2.05) is 50.4 Å². The number of aromatic nitrogens is 2. The van der Waals surface area contributed by atoms with Gasteiger partial charge < -0.3 is 4.57 Å². The third-order valence-corrected chi connectivity index (χ3v) is 4.01. The average molecular weight is 335 g/mol. The molecule has 0 radical (unpaired) electrons. The highest BCUT2D eigenvalue weighted by Gasteiger charge is 2.16. The highest BCUT2D eigenvalue weighted by molar-refractivity contribution is 6.35. The van der Waals surface area contributed by atoms with Crippen molar-refractivity contribution in [1.29, 1.82) is 0 Å². The zero-order chi connectivity index (χ0) is 15.9. The van der Waals surface area contributed by atoms with Crippen LogP contribution in [-0.2, 0) is 0 Å². The molecule has 0 amide bonds. The minimum atomic E-state index is 0.178. The van der Waals surface area contributed by atoms with Crippen molar-refractivity contribution in [1.82, 2.24) is 9.55 Å². The molecule has 0 saturated heterocycles. The van der Waals surface area contributed by atoms with Gasteiger partial charge in [-0.25, -0.2) is 4.98 Å². The third-order valence-electron chi connectivity index (χ3n) is 3.46. The largest absolute Gasteiger partial charge is 0.325 e. The number of halogens is 2. The first kappa shape index (κ1) is 16.9. The van der Waals surface area contributed by atoms with Gasteiger partial charge in [-0.05, 0) is 24.1 Å². The standard InChI is InChI=1S/C16H14Cl2N2.C2H6/c17-9-6-15(12-4-2-1-3-5-12)20-11-8-13-14(18)7-10-19-16(13)20;1-2/h1-5,7-8,10-11,15H,6,9H2;1-2H3. The maximum Gasteiger partial charge on any atom is 0.141 e. The van der Waals surface area contributed by atoms with Crippen LogP contribution in [0, 0.1) is 0 Å². The Morgan fingerprint density at radius 3 is 2.50 bits per heavy atom. The van der Waals surface area contributed by atoms with E-state index in [9.17, 15) is 0 Å². The molecule has 2 aromatic heterocycles. The van der Waals surface area contributed by atoms with Crippen molar-refractivity contribution in [3.63, 3.8) is 0 Å². The molecule has 0 saturated carbocycles. The topological polar surface area (TPSA) is 17.8 Å². The van der Waals surface area contributed by atoms with Crippen molar-refractivity contribution < 1.29 is 0 Å². The molecule has 0 bridgehead atoms. The summed E-state index contributed by atoms with van der Waals surface area (Å²) < 4.78 is 2.15. The highest BCUT2D eigenvalue weighted by Crippen LogP contribution is 2.29. The molecule has 1 aromatic carbocycles. The molecular formula is C18H20Cl2N2. The summed E-state index contributed by atoms with van der Waals surface area (Å²) in [6, 6.07) is 14.3. The molecular weight excluding hydrogens is 315 g/mol. The maximum absolute atomic E-state index is 6.22. The van der Waals surface area contributed by atoms with Crippen LogP contribution >= 0.6 is 23.2 Å². The molecule has 3 rings (SSSR count). The summed E-state index contributed by atoms with van der Waals surface area (Å²) in [6.45, 7) is 4.00. The van der Waals surface area contributed by atoms with Gasteiger partial charge in [-0.3, -0.25) is 0 Å². The third kappa shape index (κ3) is 3.45. The van der Waals surface area contributed by atoms with E-state index in [0.717, 1.165) is 22.5 Å². The summed E-state index contributed by atoms with van der Waals surface area (Å²) in [5.41, 5.74) is 2.13. The van der Waals surface area contributed by atoms with Gasteiger partial charge in [0.15, 0.2) is 0 Å². The van der Waals surface area contributed by atoms with Crippen LogP contribution in [0.5, 0.6) is 0 Å². The van der Waals surface area contributed by atoms with Crippen molar-refractivity contribution in [2.75, 3.05) is 5.88 Å². The summed E-state index contributed by atoms with van der Waals surface area (Å²) in [5, 5.41) is 1.70. The first-order valence-corrected chi connectivity index (χ1v) is 8.44. The second kappa shape index (κ2) is 8.21. The summed E-state index contributed by atoms with van der Waals surface area (Å²) in [4.78, 5) is 4.47. The monoisotopic (exact) mass is 334 g/mol. The van der Waals surface area contributed by atoms with E-state index < -0.39 is 0 Å². The molecule has 1 unspecified atom stereocenters. The Labute approximate surface area is 141 Å². The molecule has 2 heterocycles. The van der Waals surface area contributed by atoms with E-state index in [4.69, 9.17) is 23.2 Å². The summed E-state index contributed by atoms with van der Waals surface area (Å²) in [7, 11) is 0. The van der Waals surface area contributed by atoms with Crippen LogP contribution in [0.2, 0.25) is 5.02 Å². The lowest BCUT2D eigenvalue weighted by Gasteiger charge is -2.19. The van der Waals surface area contributed by atoms with E-state index in [0.29, 0.717) is 5.88 Å². The molecule has 0 N–H and O–H groups in total. The fourth-order valence-corrected chi connectivity index (χ4v) is 2.93. The van der Waals surface area contributed by atoms with E-state index in [-0.39, 0.29) is 6.04 Å². The summed E-state index contributed by atoms with van der Waals surface area (Å²) in [6.07, 6.45) is 4.63. The van der Waals surface area contributed by atoms with Crippen molar-refractivity contribution >= 4 is 34.2 Å². The Kier molecular flexibility index (Phi) is 6.29. The highest BCUT2D eigenvalue weighted by atomic mass is 35.5. The fourth-order valence-electron chi connectivity index (χ4n) is 2.52. The van der Waals surface area contributed by atoms with E-state index in [2.05, 4.69) is 21.7 Å². The second-order valence-electron chi connectivity index (χ2n) is 4.66. The second-order valence-corrected chi connectivity index (χ2v) is 5.44. The quantitative estimate of drug-likeness (QED) is 0.540. The van der Waals surface area contributed by atoms with Gasteiger partial charge in [-0.1, -0.05) is 55.8 Å². The van der Waals surface area contributed by atoms with Crippen LogP contribution in [0.3, 0.4) is 0 Å². The fraction of sp³-hybridized carbons (Fsp3) is 0.278. The van der Waals surface area contributed by atoms with Gasteiger partial charge in [0.25, 0.3) is 0 Å². The Morgan fingerprint density at radius 1 is 1.09 bits per heavy atom. The first-order valence-electron chi connectivity index (χ1n) is 7.53. The van der Waals surface area contributed by atoms with Crippen molar-refractivity contribution in [3.05, 3.63) is 65.4 Å². The normalized spacial score (nSPS) is 11.8. The van der Waals surface area contributed by atoms with Gasteiger partial charge >= 0.3 is 0 Å². The SMILES string of the molecule is CC.ClCCC(c1ccccc1)n1ccc2c(Cl)ccnc21. The van der Waals surface area contributed by atoms with Crippen molar-refractivity contribution in [2.45, 2.75) is 26.3 Å². The van der Waals surface area contributed by atoms with Crippen molar-refractivity contribution in [3.8, 4) is 0 Å². The maximum atomic E-state index is 6.22. The molecule has 1 atom stereocenters. The molecule has 2 nitrogen and oxygen atoms in total. The van der Waals surface area contributed by atoms with Gasteiger partial charge in [-0.15, -0.1) is 11.6 Å². The lowest BCUT2D eigenvalue weighted by atomic mass is 10.0. The van der Waals surface area contributed by atoms with Gasteiger partial charge in [0.1, 0.15) is 5.65 Å². The lowest BCUT2D eigenvalue weighted by Crippen LogP contribution is -2.10. The number of nitrogens with zero attached hydrogens (tertiary/aromatic N) is 2. The molecule has 0 aliphatic carbocycles. The molecule has 0 fully saturated rings. The average Bonchev–Trinajstić information content (AvgIpc) is 3.00. The summed E-state index contributed by atoms with van der Waals surface area (Å²) in [5.74, 6) is 0.597. The molecule has 0 aliphatic rings. The van der Waals surface area contributed by atoms with E-state index >= 15 is 0 Å². The number of hydrogen-bond acceptors (Lipinski definition) is 1. The Hall–Kier alpha value is -1.51. The van der Waals surface area contributed by atoms with Gasteiger partial charge in [0.2, 0.25) is 0 Å². The molecule has 0 spiro atoms.